The third-order valence-corrected chi connectivity index (χ3v) is 3.73. The Bertz CT molecular complexity index is 535. The molecular weight excluding hydrogens is 304 g/mol. The fourth-order valence-electron chi connectivity index (χ4n) is 1.64. The zero-order chi connectivity index (χ0) is 13.9. The Balaban J connectivity index is 2.13. The molecule has 0 atom stereocenters. The van der Waals surface area contributed by atoms with Crippen molar-refractivity contribution < 1.29 is 4.74 Å². The van der Waals surface area contributed by atoms with E-state index in [2.05, 4.69) is 58.8 Å². The van der Waals surface area contributed by atoms with Crippen LogP contribution in [0.4, 0.5) is 0 Å². The number of benzene rings is 1. The zero-order valence-electron chi connectivity index (χ0n) is 11.4. The van der Waals surface area contributed by atoms with Crippen molar-refractivity contribution in [3.63, 3.8) is 0 Å². The van der Waals surface area contributed by atoms with E-state index in [9.17, 15) is 0 Å². The second-order valence-corrected chi connectivity index (χ2v) is 5.96. The van der Waals surface area contributed by atoms with Gasteiger partial charge in [0.05, 0.1) is 4.47 Å². The highest BCUT2D eigenvalue weighted by Gasteiger charge is 2.17. The standard InChI is InChI=1S/C15H17BrN2O/c1-4-15(2,3)11-5-7-13(8-6-11)19-14-17-9-12(16)10-18-14/h5-10H,4H2,1-3H3. The van der Waals surface area contributed by atoms with Gasteiger partial charge in [0.2, 0.25) is 0 Å². The quantitative estimate of drug-likeness (QED) is 0.817. The number of halogens is 1. The van der Waals surface area contributed by atoms with Crippen LogP contribution in [-0.4, -0.2) is 9.97 Å². The molecule has 3 nitrogen and oxygen atoms in total. The monoisotopic (exact) mass is 320 g/mol. The molecule has 1 heterocycles. The highest BCUT2D eigenvalue weighted by atomic mass is 79.9. The normalized spacial score (nSPS) is 11.4. The van der Waals surface area contributed by atoms with E-state index in [1.165, 1.54) is 5.56 Å². The molecule has 0 saturated carbocycles. The van der Waals surface area contributed by atoms with Gasteiger partial charge in [-0.05, 0) is 45.5 Å². The molecule has 0 unspecified atom stereocenters. The van der Waals surface area contributed by atoms with Crippen LogP contribution < -0.4 is 4.74 Å². The molecule has 100 valence electrons. The molecule has 0 spiro atoms. The number of aromatic nitrogens is 2. The summed E-state index contributed by atoms with van der Waals surface area (Å²) in [6, 6.07) is 8.46. The summed E-state index contributed by atoms with van der Waals surface area (Å²) >= 11 is 3.29. The van der Waals surface area contributed by atoms with Crippen LogP contribution in [0.25, 0.3) is 0 Å². The van der Waals surface area contributed by atoms with Crippen molar-refractivity contribution in [2.24, 2.45) is 0 Å². The van der Waals surface area contributed by atoms with Crippen LogP contribution in [0.2, 0.25) is 0 Å². The number of nitrogens with zero attached hydrogens (tertiary/aromatic N) is 2. The Kier molecular flexibility index (Phi) is 4.20. The molecule has 0 aliphatic rings. The molecule has 0 saturated heterocycles. The molecule has 0 aliphatic carbocycles. The lowest BCUT2D eigenvalue weighted by molar-refractivity contribution is 0.440. The molecule has 0 N–H and O–H groups in total. The molecule has 0 bridgehead atoms. The molecule has 0 aliphatic heterocycles. The highest BCUT2D eigenvalue weighted by molar-refractivity contribution is 9.10. The predicted octanol–water partition coefficient (Wildman–Crippen LogP) is 4.72. The first-order chi connectivity index (χ1) is 9.01. The lowest BCUT2D eigenvalue weighted by Gasteiger charge is -2.23. The summed E-state index contributed by atoms with van der Waals surface area (Å²) < 4.78 is 6.42. The summed E-state index contributed by atoms with van der Waals surface area (Å²) in [6.07, 6.45) is 4.43. The fourth-order valence-corrected chi connectivity index (χ4v) is 1.84. The molecule has 0 fully saturated rings. The van der Waals surface area contributed by atoms with Crippen molar-refractivity contribution in [2.75, 3.05) is 0 Å². The zero-order valence-corrected chi connectivity index (χ0v) is 12.9. The number of hydrogen-bond acceptors (Lipinski definition) is 3. The van der Waals surface area contributed by atoms with Crippen LogP contribution in [0, 0.1) is 0 Å². The Morgan fingerprint density at radius 3 is 2.21 bits per heavy atom. The predicted molar refractivity (Wildman–Crippen MR) is 79.6 cm³/mol. The Hall–Kier alpha value is -1.42. The maximum absolute atomic E-state index is 5.59. The minimum Gasteiger partial charge on any atom is -0.424 e. The smallest absolute Gasteiger partial charge is 0.321 e. The molecular formula is C15H17BrN2O. The topological polar surface area (TPSA) is 35.0 Å². The van der Waals surface area contributed by atoms with Crippen LogP contribution in [0.5, 0.6) is 11.8 Å². The first-order valence-electron chi connectivity index (χ1n) is 6.27. The van der Waals surface area contributed by atoms with Gasteiger partial charge in [0.1, 0.15) is 5.75 Å². The van der Waals surface area contributed by atoms with Gasteiger partial charge >= 0.3 is 6.01 Å². The van der Waals surface area contributed by atoms with Crippen molar-refractivity contribution in [1.29, 1.82) is 0 Å². The Morgan fingerprint density at radius 2 is 1.68 bits per heavy atom. The van der Waals surface area contributed by atoms with E-state index in [1.54, 1.807) is 12.4 Å². The van der Waals surface area contributed by atoms with E-state index >= 15 is 0 Å². The summed E-state index contributed by atoms with van der Waals surface area (Å²) in [5.41, 5.74) is 1.49. The van der Waals surface area contributed by atoms with Gasteiger partial charge in [0, 0.05) is 12.4 Å². The molecule has 19 heavy (non-hydrogen) atoms. The van der Waals surface area contributed by atoms with Gasteiger partial charge < -0.3 is 4.74 Å². The van der Waals surface area contributed by atoms with Gasteiger partial charge in [-0.2, -0.15) is 0 Å². The van der Waals surface area contributed by atoms with E-state index in [0.29, 0.717) is 6.01 Å². The first-order valence-corrected chi connectivity index (χ1v) is 7.06. The number of ether oxygens (including phenoxy) is 1. The maximum atomic E-state index is 5.59. The van der Waals surface area contributed by atoms with Crippen LogP contribution in [-0.2, 0) is 5.41 Å². The van der Waals surface area contributed by atoms with Gasteiger partial charge in [0.25, 0.3) is 0 Å². The molecule has 1 aromatic carbocycles. The third-order valence-electron chi connectivity index (χ3n) is 3.33. The van der Waals surface area contributed by atoms with Gasteiger partial charge in [-0.3, -0.25) is 0 Å². The average Bonchev–Trinajstić information content (AvgIpc) is 2.42. The van der Waals surface area contributed by atoms with Gasteiger partial charge in [-0.1, -0.05) is 32.9 Å². The molecule has 0 amide bonds. The fraction of sp³-hybridized carbons (Fsp3) is 0.333. The summed E-state index contributed by atoms with van der Waals surface area (Å²) in [4.78, 5) is 8.16. The van der Waals surface area contributed by atoms with E-state index in [0.717, 1.165) is 16.6 Å². The molecule has 2 aromatic rings. The van der Waals surface area contributed by atoms with Crippen LogP contribution in [0.15, 0.2) is 41.1 Å². The molecule has 4 heteroatoms. The Labute approximate surface area is 122 Å². The van der Waals surface area contributed by atoms with Gasteiger partial charge in [-0.15, -0.1) is 0 Å². The summed E-state index contributed by atoms with van der Waals surface area (Å²) in [6.45, 7) is 6.67. The van der Waals surface area contributed by atoms with Crippen molar-refractivity contribution in [3.05, 3.63) is 46.7 Å². The summed E-state index contributed by atoms with van der Waals surface area (Å²) in [5.74, 6) is 0.748. The van der Waals surface area contributed by atoms with Gasteiger partial charge in [0.15, 0.2) is 0 Å². The summed E-state index contributed by atoms with van der Waals surface area (Å²) in [5, 5.41) is 0. The second-order valence-electron chi connectivity index (χ2n) is 5.05. The molecule has 1 aromatic heterocycles. The first kappa shape index (κ1) is 14.0. The minimum atomic E-state index is 0.187. The van der Waals surface area contributed by atoms with Crippen molar-refractivity contribution in [3.8, 4) is 11.8 Å². The van der Waals surface area contributed by atoms with E-state index in [-0.39, 0.29) is 5.41 Å². The molecule has 2 rings (SSSR count). The van der Waals surface area contributed by atoms with Crippen molar-refractivity contribution >= 4 is 15.9 Å². The van der Waals surface area contributed by atoms with Crippen LogP contribution >= 0.6 is 15.9 Å². The lowest BCUT2D eigenvalue weighted by atomic mass is 9.82. The largest absolute Gasteiger partial charge is 0.424 e. The van der Waals surface area contributed by atoms with Crippen molar-refractivity contribution in [1.82, 2.24) is 9.97 Å². The van der Waals surface area contributed by atoms with Crippen LogP contribution in [0.1, 0.15) is 32.8 Å². The third kappa shape index (κ3) is 3.53. The number of rotatable bonds is 4. The SMILES string of the molecule is CCC(C)(C)c1ccc(Oc2ncc(Br)cn2)cc1. The highest BCUT2D eigenvalue weighted by Crippen LogP contribution is 2.28. The van der Waals surface area contributed by atoms with Crippen LogP contribution in [0.3, 0.4) is 0 Å². The average molecular weight is 321 g/mol. The van der Waals surface area contributed by atoms with Crippen molar-refractivity contribution in [2.45, 2.75) is 32.6 Å². The van der Waals surface area contributed by atoms with E-state index < -0.39 is 0 Å². The van der Waals surface area contributed by atoms with E-state index in [4.69, 9.17) is 4.74 Å². The lowest BCUT2D eigenvalue weighted by Crippen LogP contribution is -2.14. The number of hydrogen-bond donors (Lipinski definition) is 0. The summed E-state index contributed by atoms with van der Waals surface area (Å²) in [7, 11) is 0. The van der Waals surface area contributed by atoms with Gasteiger partial charge in [-0.25, -0.2) is 9.97 Å². The molecule has 0 radical (unpaired) electrons. The Morgan fingerprint density at radius 1 is 1.11 bits per heavy atom. The second kappa shape index (κ2) is 5.70. The maximum Gasteiger partial charge on any atom is 0.321 e. The minimum absolute atomic E-state index is 0.187. The van der Waals surface area contributed by atoms with E-state index in [1.807, 2.05) is 12.1 Å².